The summed E-state index contributed by atoms with van der Waals surface area (Å²) in [5.41, 5.74) is 1.52. The van der Waals surface area contributed by atoms with Crippen molar-refractivity contribution in [2.75, 3.05) is 6.54 Å². The van der Waals surface area contributed by atoms with Crippen molar-refractivity contribution in [2.24, 2.45) is 5.92 Å². The van der Waals surface area contributed by atoms with Gasteiger partial charge in [0.25, 0.3) is 11.8 Å². The lowest BCUT2D eigenvalue weighted by Gasteiger charge is -2.30. The zero-order valence-electron chi connectivity index (χ0n) is 15.7. The number of hydrogen-bond acceptors (Lipinski definition) is 4. The smallest absolute Gasteiger partial charge is 0.326 e. The molecule has 0 bridgehead atoms. The van der Waals surface area contributed by atoms with Gasteiger partial charge in [-0.25, -0.2) is 0 Å². The number of carbonyl (C=O) groups is 3. The van der Waals surface area contributed by atoms with E-state index in [0.29, 0.717) is 11.5 Å². The minimum Gasteiger partial charge on any atom is -0.451 e. The van der Waals surface area contributed by atoms with Gasteiger partial charge in [-0.2, -0.15) is 0 Å². The van der Waals surface area contributed by atoms with Crippen LogP contribution < -0.4 is 10.6 Å². The van der Waals surface area contributed by atoms with Crippen molar-refractivity contribution < 1.29 is 19.1 Å². The average molecular weight is 360 g/mol. The molecule has 1 saturated carbocycles. The van der Waals surface area contributed by atoms with E-state index in [0.717, 1.165) is 24.8 Å². The molecule has 3 atom stereocenters. The normalized spacial score (nSPS) is 20.7. The first-order chi connectivity index (χ1) is 12.4. The Morgan fingerprint density at radius 1 is 1.15 bits per heavy atom. The maximum atomic E-state index is 12.2. The largest absolute Gasteiger partial charge is 0.451 e. The number of esters is 1. The molecule has 1 aliphatic carbocycles. The third kappa shape index (κ3) is 5.86. The highest BCUT2D eigenvalue weighted by molar-refractivity contribution is 5.96. The summed E-state index contributed by atoms with van der Waals surface area (Å²) < 4.78 is 5.13. The lowest BCUT2D eigenvalue weighted by molar-refractivity contribution is -0.154. The summed E-state index contributed by atoms with van der Waals surface area (Å²) in [6.45, 7) is 5.33. The topological polar surface area (TPSA) is 84.5 Å². The fourth-order valence-electron chi connectivity index (χ4n) is 3.08. The first-order valence-electron chi connectivity index (χ1n) is 9.21. The van der Waals surface area contributed by atoms with Gasteiger partial charge in [-0.3, -0.25) is 14.4 Å². The molecule has 142 valence electrons. The van der Waals surface area contributed by atoms with Crippen molar-refractivity contribution in [2.45, 2.75) is 58.6 Å². The third-order valence-electron chi connectivity index (χ3n) is 4.82. The van der Waals surface area contributed by atoms with Gasteiger partial charge in [0.1, 0.15) is 6.54 Å². The van der Waals surface area contributed by atoms with Crippen LogP contribution in [0.5, 0.6) is 0 Å². The SMILES string of the molecule is Cc1ccc(C(=O)NCC(=O)OC(C)C(=O)NC2CCCCC2C)cc1. The first kappa shape index (κ1) is 19.9. The Kier molecular flexibility index (Phi) is 7.18. The Bertz CT molecular complexity index is 642. The molecule has 1 aliphatic rings. The number of hydrogen-bond donors (Lipinski definition) is 2. The van der Waals surface area contributed by atoms with E-state index in [2.05, 4.69) is 17.6 Å². The van der Waals surface area contributed by atoms with Gasteiger partial charge in [-0.15, -0.1) is 0 Å². The molecular formula is C20H28N2O4. The van der Waals surface area contributed by atoms with Crippen molar-refractivity contribution in [3.63, 3.8) is 0 Å². The number of aryl methyl sites for hydroxylation is 1. The quantitative estimate of drug-likeness (QED) is 0.763. The second kappa shape index (κ2) is 9.36. The lowest BCUT2D eigenvalue weighted by Crippen LogP contribution is -2.46. The van der Waals surface area contributed by atoms with Crippen molar-refractivity contribution in [1.82, 2.24) is 10.6 Å². The summed E-state index contributed by atoms with van der Waals surface area (Å²) in [6, 6.07) is 7.17. The van der Waals surface area contributed by atoms with E-state index in [1.54, 1.807) is 19.1 Å². The molecule has 0 aliphatic heterocycles. The molecule has 3 unspecified atom stereocenters. The first-order valence-corrected chi connectivity index (χ1v) is 9.21. The van der Waals surface area contributed by atoms with E-state index in [4.69, 9.17) is 4.74 Å². The summed E-state index contributed by atoms with van der Waals surface area (Å²) in [5, 5.41) is 5.47. The second-order valence-corrected chi connectivity index (χ2v) is 7.06. The molecule has 1 fully saturated rings. The fraction of sp³-hybridized carbons (Fsp3) is 0.550. The summed E-state index contributed by atoms with van der Waals surface area (Å²) >= 11 is 0. The van der Waals surface area contributed by atoms with Crippen LogP contribution in [0.1, 0.15) is 55.5 Å². The molecule has 1 aromatic carbocycles. The van der Waals surface area contributed by atoms with E-state index < -0.39 is 12.1 Å². The highest BCUT2D eigenvalue weighted by Gasteiger charge is 2.26. The minimum atomic E-state index is -0.882. The molecule has 0 heterocycles. The monoisotopic (exact) mass is 360 g/mol. The Balaban J connectivity index is 1.74. The molecule has 0 spiro atoms. The van der Waals surface area contributed by atoms with Crippen LogP contribution in [0, 0.1) is 12.8 Å². The zero-order chi connectivity index (χ0) is 19.1. The fourth-order valence-corrected chi connectivity index (χ4v) is 3.08. The van der Waals surface area contributed by atoms with E-state index in [9.17, 15) is 14.4 Å². The summed E-state index contributed by atoms with van der Waals surface area (Å²) in [4.78, 5) is 36.1. The molecule has 6 heteroatoms. The zero-order valence-corrected chi connectivity index (χ0v) is 15.7. The van der Waals surface area contributed by atoms with Crippen molar-refractivity contribution in [1.29, 1.82) is 0 Å². The number of amides is 2. The molecule has 26 heavy (non-hydrogen) atoms. The van der Waals surface area contributed by atoms with Gasteiger partial charge in [0.2, 0.25) is 0 Å². The summed E-state index contributed by atoms with van der Waals surface area (Å²) in [5.74, 6) is -0.841. The Labute approximate surface area is 154 Å². The van der Waals surface area contributed by atoms with Gasteiger partial charge in [-0.05, 0) is 44.7 Å². The molecule has 0 saturated heterocycles. The molecule has 0 radical (unpaired) electrons. The number of rotatable bonds is 6. The van der Waals surface area contributed by atoms with Gasteiger partial charge < -0.3 is 15.4 Å². The van der Waals surface area contributed by atoms with Gasteiger partial charge in [0.15, 0.2) is 6.10 Å². The van der Waals surface area contributed by atoms with Crippen LogP contribution in [-0.4, -0.2) is 36.5 Å². The van der Waals surface area contributed by atoms with Gasteiger partial charge >= 0.3 is 5.97 Å². The maximum absolute atomic E-state index is 12.2. The Morgan fingerprint density at radius 3 is 2.46 bits per heavy atom. The van der Waals surface area contributed by atoms with E-state index in [1.165, 1.54) is 6.42 Å². The number of carbonyl (C=O) groups excluding carboxylic acids is 3. The molecule has 1 aromatic rings. The van der Waals surface area contributed by atoms with Crippen molar-refractivity contribution in [3.8, 4) is 0 Å². The highest BCUT2D eigenvalue weighted by atomic mass is 16.5. The third-order valence-corrected chi connectivity index (χ3v) is 4.82. The molecule has 0 aromatic heterocycles. The van der Waals surface area contributed by atoms with Crippen LogP contribution in [0.3, 0.4) is 0 Å². The Hall–Kier alpha value is -2.37. The molecule has 6 nitrogen and oxygen atoms in total. The predicted octanol–water partition coefficient (Wildman–Crippen LogP) is 2.35. The van der Waals surface area contributed by atoms with Crippen LogP contribution in [0.25, 0.3) is 0 Å². The highest BCUT2D eigenvalue weighted by Crippen LogP contribution is 2.23. The van der Waals surface area contributed by atoms with E-state index >= 15 is 0 Å². The lowest BCUT2D eigenvalue weighted by atomic mass is 9.86. The van der Waals surface area contributed by atoms with Gasteiger partial charge in [0, 0.05) is 11.6 Å². The average Bonchev–Trinajstić information content (AvgIpc) is 2.62. The molecular weight excluding hydrogens is 332 g/mol. The minimum absolute atomic E-state index is 0.138. The van der Waals surface area contributed by atoms with E-state index in [1.807, 2.05) is 19.1 Å². The van der Waals surface area contributed by atoms with Crippen molar-refractivity contribution in [3.05, 3.63) is 35.4 Å². The number of benzene rings is 1. The van der Waals surface area contributed by atoms with Gasteiger partial charge in [0.05, 0.1) is 0 Å². The van der Waals surface area contributed by atoms with Crippen LogP contribution in [0.15, 0.2) is 24.3 Å². The van der Waals surface area contributed by atoms with Gasteiger partial charge in [-0.1, -0.05) is 37.5 Å². The second-order valence-electron chi connectivity index (χ2n) is 7.06. The number of ether oxygens (including phenoxy) is 1. The summed E-state index contributed by atoms with van der Waals surface area (Å²) in [6.07, 6.45) is 3.48. The molecule has 2 N–H and O–H groups in total. The van der Waals surface area contributed by atoms with Crippen molar-refractivity contribution >= 4 is 17.8 Å². The van der Waals surface area contributed by atoms with Crippen LogP contribution in [0.4, 0.5) is 0 Å². The Morgan fingerprint density at radius 2 is 1.81 bits per heavy atom. The maximum Gasteiger partial charge on any atom is 0.326 e. The predicted molar refractivity (Wildman–Crippen MR) is 98.6 cm³/mol. The molecule has 2 rings (SSSR count). The van der Waals surface area contributed by atoms with Crippen LogP contribution in [0.2, 0.25) is 0 Å². The van der Waals surface area contributed by atoms with Crippen LogP contribution in [-0.2, 0) is 14.3 Å². The standard InChI is InChI=1S/C20H28N2O4/c1-13-8-10-16(11-9-13)20(25)21-12-18(23)26-15(3)19(24)22-17-7-5-4-6-14(17)2/h8-11,14-15,17H,4-7,12H2,1-3H3,(H,21,25)(H,22,24). The van der Waals surface area contributed by atoms with E-state index in [-0.39, 0.29) is 24.4 Å². The molecule has 2 amide bonds. The van der Waals surface area contributed by atoms with Crippen LogP contribution >= 0.6 is 0 Å². The number of nitrogens with one attached hydrogen (secondary N) is 2. The summed E-state index contributed by atoms with van der Waals surface area (Å²) in [7, 11) is 0.